The van der Waals surface area contributed by atoms with Gasteiger partial charge in [0.15, 0.2) is 0 Å². The van der Waals surface area contributed by atoms with Crippen molar-refractivity contribution in [3.63, 3.8) is 0 Å². The van der Waals surface area contributed by atoms with Gasteiger partial charge in [0.1, 0.15) is 12.4 Å². The molecular formula is C18H16F3NO2. The molecule has 6 heteroatoms. The van der Waals surface area contributed by atoms with E-state index in [4.69, 9.17) is 4.74 Å². The van der Waals surface area contributed by atoms with Crippen LogP contribution in [0.5, 0.6) is 5.75 Å². The second kappa shape index (κ2) is 6.55. The number of benzene rings is 2. The number of ether oxygens (including phenoxy) is 1. The molecule has 24 heavy (non-hydrogen) atoms. The quantitative estimate of drug-likeness (QED) is 0.931. The Balaban J connectivity index is 1.61. The van der Waals surface area contributed by atoms with Gasteiger partial charge in [0.2, 0.25) is 5.91 Å². The summed E-state index contributed by atoms with van der Waals surface area (Å²) in [6.07, 6.45) is -3.83. The number of carbonyl (C=O) groups excluding carboxylic acids is 1. The summed E-state index contributed by atoms with van der Waals surface area (Å²) in [7, 11) is 0. The van der Waals surface area contributed by atoms with Crippen LogP contribution in [0.15, 0.2) is 48.5 Å². The highest BCUT2D eigenvalue weighted by atomic mass is 19.4. The van der Waals surface area contributed by atoms with E-state index in [1.165, 1.54) is 6.07 Å². The number of hydrogen-bond acceptors (Lipinski definition) is 2. The lowest BCUT2D eigenvalue weighted by molar-refractivity contribution is -0.137. The Morgan fingerprint density at radius 1 is 1.17 bits per heavy atom. The zero-order valence-electron chi connectivity index (χ0n) is 12.8. The Kier molecular flexibility index (Phi) is 4.46. The normalized spacial score (nSPS) is 16.9. The van der Waals surface area contributed by atoms with Crippen molar-refractivity contribution in [2.24, 2.45) is 5.92 Å². The standard InChI is InChI=1S/C18H16F3NO2/c19-18(20,21)15-6-3-4-12(8-15)10-22-17(23)14-9-13-5-1-2-7-16(13)24-11-14/h1-8,14H,9-11H2,(H,22,23)/t14-/m0/s1. The summed E-state index contributed by atoms with van der Waals surface area (Å²) in [6.45, 7) is 0.326. The molecule has 1 aliphatic rings. The molecule has 1 atom stereocenters. The zero-order valence-corrected chi connectivity index (χ0v) is 12.8. The van der Waals surface area contributed by atoms with Crippen LogP contribution >= 0.6 is 0 Å². The number of carbonyl (C=O) groups is 1. The number of hydrogen-bond donors (Lipinski definition) is 1. The highest BCUT2D eigenvalue weighted by Gasteiger charge is 2.30. The van der Waals surface area contributed by atoms with E-state index in [9.17, 15) is 18.0 Å². The molecule has 0 unspecified atom stereocenters. The Labute approximate surface area is 137 Å². The molecular weight excluding hydrogens is 319 g/mol. The first-order valence-corrected chi connectivity index (χ1v) is 7.58. The van der Waals surface area contributed by atoms with E-state index >= 15 is 0 Å². The van der Waals surface area contributed by atoms with Gasteiger partial charge < -0.3 is 10.1 Å². The molecule has 0 radical (unpaired) electrons. The van der Waals surface area contributed by atoms with Gasteiger partial charge in [-0.3, -0.25) is 4.79 Å². The summed E-state index contributed by atoms with van der Waals surface area (Å²) in [5.41, 5.74) is 0.655. The van der Waals surface area contributed by atoms with Crippen LogP contribution in [-0.2, 0) is 23.9 Å². The Morgan fingerprint density at radius 2 is 1.96 bits per heavy atom. The number of rotatable bonds is 3. The average Bonchev–Trinajstić information content (AvgIpc) is 2.59. The first-order chi connectivity index (χ1) is 11.4. The van der Waals surface area contributed by atoms with Crippen molar-refractivity contribution in [2.75, 3.05) is 6.61 Å². The fourth-order valence-corrected chi connectivity index (χ4v) is 2.69. The lowest BCUT2D eigenvalue weighted by atomic mass is 9.96. The lowest BCUT2D eigenvalue weighted by Gasteiger charge is -2.24. The van der Waals surface area contributed by atoms with Gasteiger partial charge in [-0.15, -0.1) is 0 Å². The average molecular weight is 335 g/mol. The molecule has 1 heterocycles. The molecule has 2 aromatic carbocycles. The molecule has 0 bridgehead atoms. The van der Waals surface area contributed by atoms with Crippen molar-refractivity contribution in [3.05, 3.63) is 65.2 Å². The monoisotopic (exact) mass is 335 g/mol. The third-order valence-corrected chi connectivity index (χ3v) is 3.97. The van der Waals surface area contributed by atoms with Gasteiger partial charge in [0.25, 0.3) is 0 Å². The third-order valence-electron chi connectivity index (χ3n) is 3.97. The van der Waals surface area contributed by atoms with Crippen molar-refractivity contribution in [1.29, 1.82) is 0 Å². The maximum atomic E-state index is 12.7. The highest BCUT2D eigenvalue weighted by molar-refractivity contribution is 5.79. The van der Waals surface area contributed by atoms with E-state index in [1.807, 2.05) is 24.3 Å². The van der Waals surface area contributed by atoms with Crippen LogP contribution in [0.3, 0.4) is 0 Å². The molecule has 0 saturated carbocycles. The molecule has 0 saturated heterocycles. The van der Waals surface area contributed by atoms with Crippen LogP contribution < -0.4 is 10.1 Å². The fourth-order valence-electron chi connectivity index (χ4n) is 2.69. The van der Waals surface area contributed by atoms with E-state index in [1.54, 1.807) is 6.07 Å². The van der Waals surface area contributed by atoms with Gasteiger partial charge in [-0.05, 0) is 35.7 Å². The molecule has 1 aliphatic heterocycles. The van der Waals surface area contributed by atoms with E-state index in [0.29, 0.717) is 12.0 Å². The van der Waals surface area contributed by atoms with Crippen molar-refractivity contribution in [3.8, 4) is 5.75 Å². The van der Waals surface area contributed by atoms with Gasteiger partial charge in [0, 0.05) is 6.54 Å². The van der Waals surface area contributed by atoms with Crippen LogP contribution in [0.4, 0.5) is 13.2 Å². The largest absolute Gasteiger partial charge is 0.492 e. The molecule has 1 N–H and O–H groups in total. The maximum Gasteiger partial charge on any atom is 0.416 e. The summed E-state index contributed by atoms with van der Waals surface area (Å²) >= 11 is 0. The summed E-state index contributed by atoms with van der Waals surface area (Å²) in [6, 6.07) is 12.5. The highest BCUT2D eigenvalue weighted by Crippen LogP contribution is 2.30. The molecule has 1 amide bonds. The molecule has 0 spiro atoms. The van der Waals surface area contributed by atoms with E-state index < -0.39 is 11.7 Å². The Bertz CT molecular complexity index is 743. The summed E-state index contributed by atoms with van der Waals surface area (Å²) in [4.78, 5) is 12.2. The number of amides is 1. The van der Waals surface area contributed by atoms with Crippen molar-refractivity contribution >= 4 is 5.91 Å². The van der Waals surface area contributed by atoms with Crippen LogP contribution in [0.1, 0.15) is 16.7 Å². The van der Waals surface area contributed by atoms with Crippen molar-refractivity contribution < 1.29 is 22.7 Å². The molecule has 0 aromatic heterocycles. The van der Waals surface area contributed by atoms with Crippen molar-refractivity contribution in [2.45, 2.75) is 19.1 Å². The number of fused-ring (bicyclic) bond motifs is 1. The number of alkyl halides is 3. The van der Waals surface area contributed by atoms with Crippen LogP contribution in [0.25, 0.3) is 0 Å². The van der Waals surface area contributed by atoms with Gasteiger partial charge in [-0.1, -0.05) is 30.3 Å². The lowest BCUT2D eigenvalue weighted by Crippen LogP contribution is -2.37. The number of halogens is 3. The molecule has 3 nitrogen and oxygen atoms in total. The molecule has 0 fully saturated rings. The van der Waals surface area contributed by atoms with Crippen LogP contribution in [-0.4, -0.2) is 12.5 Å². The van der Waals surface area contributed by atoms with E-state index in [-0.39, 0.29) is 25.0 Å². The SMILES string of the molecule is O=C(NCc1cccc(C(F)(F)F)c1)[C@@H]1COc2ccccc2C1. The zero-order chi connectivity index (χ0) is 17.2. The first kappa shape index (κ1) is 16.4. The Hall–Kier alpha value is -2.50. The van der Waals surface area contributed by atoms with Gasteiger partial charge in [-0.2, -0.15) is 13.2 Å². The number of para-hydroxylation sites is 1. The topological polar surface area (TPSA) is 38.3 Å². The van der Waals surface area contributed by atoms with E-state index in [2.05, 4.69) is 5.32 Å². The minimum absolute atomic E-state index is 0.0564. The predicted octanol–water partition coefficient (Wildman–Crippen LogP) is 3.57. The van der Waals surface area contributed by atoms with E-state index in [0.717, 1.165) is 23.4 Å². The molecule has 126 valence electrons. The fraction of sp³-hybridized carbons (Fsp3) is 0.278. The van der Waals surface area contributed by atoms with Gasteiger partial charge >= 0.3 is 6.18 Å². The first-order valence-electron chi connectivity index (χ1n) is 7.58. The van der Waals surface area contributed by atoms with Crippen LogP contribution in [0.2, 0.25) is 0 Å². The Morgan fingerprint density at radius 3 is 2.75 bits per heavy atom. The minimum Gasteiger partial charge on any atom is -0.492 e. The molecule has 2 aromatic rings. The van der Waals surface area contributed by atoms with Crippen LogP contribution in [0, 0.1) is 5.92 Å². The summed E-state index contributed by atoms with van der Waals surface area (Å²) in [5, 5.41) is 2.69. The second-order valence-corrected chi connectivity index (χ2v) is 5.74. The maximum absolute atomic E-state index is 12.7. The van der Waals surface area contributed by atoms with Gasteiger partial charge in [0.05, 0.1) is 11.5 Å². The van der Waals surface area contributed by atoms with Crippen molar-refractivity contribution in [1.82, 2.24) is 5.32 Å². The smallest absolute Gasteiger partial charge is 0.416 e. The minimum atomic E-state index is -4.39. The molecule has 3 rings (SSSR count). The third kappa shape index (κ3) is 3.69. The number of nitrogens with one attached hydrogen (secondary N) is 1. The summed E-state index contributed by atoms with van der Waals surface area (Å²) in [5.74, 6) is 0.215. The predicted molar refractivity (Wildman–Crippen MR) is 82.4 cm³/mol. The summed E-state index contributed by atoms with van der Waals surface area (Å²) < 4.78 is 43.6. The van der Waals surface area contributed by atoms with Gasteiger partial charge in [-0.25, -0.2) is 0 Å². The molecule has 0 aliphatic carbocycles. The second-order valence-electron chi connectivity index (χ2n) is 5.74.